The fourth-order valence-electron chi connectivity index (χ4n) is 2.61. The van der Waals surface area contributed by atoms with E-state index >= 15 is 0 Å². The molecule has 0 aliphatic heterocycles. The van der Waals surface area contributed by atoms with Crippen LogP contribution in [0.2, 0.25) is 0 Å². The van der Waals surface area contributed by atoms with Crippen molar-refractivity contribution >= 4 is 22.1 Å². The predicted octanol–water partition coefficient (Wildman–Crippen LogP) is 4.52. The lowest BCUT2D eigenvalue weighted by atomic mass is 9.96. The minimum atomic E-state index is 0.270. The van der Waals surface area contributed by atoms with Crippen LogP contribution in [-0.2, 0) is 0 Å². The van der Waals surface area contributed by atoms with E-state index < -0.39 is 0 Å². The van der Waals surface area contributed by atoms with Gasteiger partial charge in [0.25, 0.3) is 0 Å². The zero-order valence-corrected chi connectivity index (χ0v) is 12.0. The van der Waals surface area contributed by atoms with Crippen LogP contribution in [0, 0.1) is 6.92 Å². The van der Waals surface area contributed by atoms with Crippen LogP contribution < -0.4 is 5.32 Å². The van der Waals surface area contributed by atoms with Crippen molar-refractivity contribution in [2.75, 3.05) is 7.05 Å². The summed E-state index contributed by atoms with van der Waals surface area (Å²) in [6, 6.07) is 17.6. The molecular weight excluding hydrogens is 250 g/mol. The van der Waals surface area contributed by atoms with Crippen LogP contribution >= 0.6 is 11.3 Å². The van der Waals surface area contributed by atoms with Gasteiger partial charge in [-0.05, 0) is 47.3 Å². The summed E-state index contributed by atoms with van der Waals surface area (Å²) in [5.74, 6) is 0. The van der Waals surface area contributed by atoms with E-state index in [0.29, 0.717) is 0 Å². The van der Waals surface area contributed by atoms with Crippen LogP contribution in [0.15, 0.2) is 53.9 Å². The van der Waals surface area contributed by atoms with Gasteiger partial charge in [0.05, 0.1) is 6.04 Å². The first kappa shape index (κ1) is 12.4. The van der Waals surface area contributed by atoms with Gasteiger partial charge in [-0.2, -0.15) is 0 Å². The third-order valence-corrected chi connectivity index (χ3v) is 4.67. The monoisotopic (exact) mass is 267 g/mol. The highest BCUT2D eigenvalue weighted by atomic mass is 32.1. The molecule has 0 aliphatic carbocycles. The Labute approximate surface area is 117 Å². The Morgan fingerprint density at radius 1 is 1.00 bits per heavy atom. The quantitative estimate of drug-likeness (QED) is 0.735. The van der Waals surface area contributed by atoms with Gasteiger partial charge in [0.1, 0.15) is 0 Å². The van der Waals surface area contributed by atoms with Crippen LogP contribution in [0.5, 0.6) is 0 Å². The lowest BCUT2D eigenvalue weighted by Crippen LogP contribution is -2.17. The Hall–Kier alpha value is -1.64. The number of nitrogens with one attached hydrogen (secondary N) is 1. The van der Waals surface area contributed by atoms with Crippen molar-refractivity contribution in [2.24, 2.45) is 0 Å². The summed E-state index contributed by atoms with van der Waals surface area (Å²) in [5.41, 5.74) is 2.71. The highest BCUT2D eigenvalue weighted by Gasteiger charge is 2.17. The van der Waals surface area contributed by atoms with Crippen LogP contribution in [0.4, 0.5) is 0 Å². The molecule has 2 heteroatoms. The number of benzene rings is 2. The van der Waals surface area contributed by atoms with Gasteiger partial charge in [0, 0.05) is 4.88 Å². The van der Waals surface area contributed by atoms with E-state index in [0.717, 1.165) is 0 Å². The summed E-state index contributed by atoms with van der Waals surface area (Å²) in [6.07, 6.45) is 0. The molecule has 0 bridgehead atoms. The third-order valence-electron chi connectivity index (χ3n) is 3.59. The molecule has 2 aromatic carbocycles. The van der Waals surface area contributed by atoms with Crippen molar-refractivity contribution in [1.82, 2.24) is 5.32 Å². The molecule has 0 saturated heterocycles. The Balaban J connectivity index is 2.20. The summed E-state index contributed by atoms with van der Waals surface area (Å²) in [5, 5.41) is 8.26. The SMILES string of the molecule is CNC(c1sccc1C)c1cccc2ccccc12. The van der Waals surface area contributed by atoms with Gasteiger partial charge in [0.15, 0.2) is 0 Å². The average molecular weight is 267 g/mol. The maximum absolute atomic E-state index is 3.46. The molecule has 1 aromatic heterocycles. The molecule has 1 heterocycles. The first-order chi connectivity index (χ1) is 9.31. The molecule has 1 nitrogen and oxygen atoms in total. The number of rotatable bonds is 3. The maximum atomic E-state index is 3.46. The molecule has 0 fully saturated rings. The zero-order chi connectivity index (χ0) is 13.2. The van der Waals surface area contributed by atoms with E-state index in [2.05, 4.69) is 66.2 Å². The minimum absolute atomic E-state index is 0.270. The fourth-order valence-corrected chi connectivity index (χ4v) is 3.66. The van der Waals surface area contributed by atoms with Gasteiger partial charge in [0.2, 0.25) is 0 Å². The van der Waals surface area contributed by atoms with Crippen LogP contribution in [-0.4, -0.2) is 7.05 Å². The number of thiophene rings is 1. The highest BCUT2D eigenvalue weighted by molar-refractivity contribution is 7.10. The molecule has 0 spiro atoms. The van der Waals surface area contributed by atoms with Gasteiger partial charge in [-0.3, -0.25) is 0 Å². The Morgan fingerprint density at radius 2 is 1.79 bits per heavy atom. The molecule has 3 rings (SSSR count). The lowest BCUT2D eigenvalue weighted by molar-refractivity contribution is 0.705. The molecule has 19 heavy (non-hydrogen) atoms. The Bertz CT molecular complexity index is 694. The van der Waals surface area contributed by atoms with E-state index in [1.165, 1.54) is 26.8 Å². The van der Waals surface area contributed by atoms with Crippen molar-refractivity contribution in [1.29, 1.82) is 0 Å². The standard InChI is InChI=1S/C17H17NS/c1-12-10-11-19-17(12)16(18-2)15-9-5-7-13-6-3-4-8-14(13)15/h3-11,16,18H,1-2H3. The zero-order valence-electron chi connectivity index (χ0n) is 11.2. The van der Waals surface area contributed by atoms with Gasteiger partial charge in [-0.25, -0.2) is 0 Å². The molecule has 0 radical (unpaired) electrons. The van der Waals surface area contributed by atoms with E-state index in [1.807, 2.05) is 18.4 Å². The number of aryl methyl sites for hydroxylation is 1. The van der Waals surface area contributed by atoms with E-state index in [9.17, 15) is 0 Å². The molecule has 3 aromatic rings. The summed E-state index contributed by atoms with van der Waals surface area (Å²) in [6.45, 7) is 2.18. The number of fused-ring (bicyclic) bond motifs is 1. The molecule has 0 aliphatic rings. The summed E-state index contributed by atoms with van der Waals surface area (Å²) < 4.78 is 0. The molecule has 96 valence electrons. The van der Waals surface area contributed by atoms with E-state index in [4.69, 9.17) is 0 Å². The second kappa shape index (κ2) is 5.16. The van der Waals surface area contributed by atoms with Crippen LogP contribution in [0.25, 0.3) is 10.8 Å². The molecule has 1 N–H and O–H groups in total. The third kappa shape index (κ3) is 2.18. The van der Waals surface area contributed by atoms with Crippen LogP contribution in [0.3, 0.4) is 0 Å². The first-order valence-corrected chi connectivity index (χ1v) is 7.38. The molecule has 0 saturated carbocycles. The first-order valence-electron chi connectivity index (χ1n) is 6.50. The van der Waals surface area contributed by atoms with Crippen molar-refractivity contribution < 1.29 is 0 Å². The van der Waals surface area contributed by atoms with Crippen molar-refractivity contribution in [2.45, 2.75) is 13.0 Å². The van der Waals surface area contributed by atoms with Gasteiger partial charge < -0.3 is 5.32 Å². The molecule has 0 amide bonds. The van der Waals surface area contributed by atoms with Crippen molar-refractivity contribution in [3.8, 4) is 0 Å². The molecular formula is C17H17NS. The van der Waals surface area contributed by atoms with Gasteiger partial charge >= 0.3 is 0 Å². The smallest absolute Gasteiger partial charge is 0.0677 e. The highest BCUT2D eigenvalue weighted by Crippen LogP contribution is 2.33. The normalized spacial score (nSPS) is 12.7. The lowest BCUT2D eigenvalue weighted by Gasteiger charge is -2.18. The Morgan fingerprint density at radius 3 is 2.53 bits per heavy atom. The number of hydrogen-bond acceptors (Lipinski definition) is 2. The summed E-state index contributed by atoms with van der Waals surface area (Å²) in [4.78, 5) is 1.40. The topological polar surface area (TPSA) is 12.0 Å². The van der Waals surface area contributed by atoms with Gasteiger partial charge in [-0.1, -0.05) is 42.5 Å². The maximum Gasteiger partial charge on any atom is 0.0677 e. The second-order valence-electron chi connectivity index (χ2n) is 4.76. The predicted molar refractivity (Wildman–Crippen MR) is 83.9 cm³/mol. The summed E-state index contributed by atoms with van der Waals surface area (Å²) in [7, 11) is 2.03. The Kier molecular flexibility index (Phi) is 3.36. The van der Waals surface area contributed by atoms with Crippen LogP contribution in [0.1, 0.15) is 22.0 Å². The number of hydrogen-bond donors (Lipinski definition) is 1. The molecule has 1 unspecified atom stereocenters. The van der Waals surface area contributed by atoms with Crippen molar-refractivity contribution in [3.05, 3.63) is 69.9 Å². The molecule has 1 atom stereocenters. The average Bonchev–Trinajstić information content (AvgIpc) is 2.86. The minimum Gasteiger partial charge on any atom is -0.309 e. The van der Waals surface area contributed by atoms with Gasteiger partial charge in [-0.15, -0.1) is 11.3 Å². The fraction of sp³-hybridized carbons (Fsp3) is 0.176. The van der Waals surface area contributed by atoms with E-state index in [-0.39, 0.29) is 6.04 Å². The largest absolute Gasteiger partial charge is 0.309 e. The summed E-state index contributed by atoms with van der Waals surface area (Å²) >= 11 is 1.82. The van der Waals surface area contributed by atoms with Crippen molar-refractivity contribution in [3.63, 3.8) is 0 Å². The second-order valence-corrected chi connectivity index (χ2v) is 5.71. The van der Waals surface area contributed by atoms with E-state index in [1.54, 1.807) is 0 Å².